The summed E-state index contributed by atoms with van der Waals surface area (Å²) in [6.07, 6.45) is 0. The number of benzene rings is 2. The lowest BCUT2D eigenvalue weighted by Crippen LogP contribution is -2.42. The molecule has 3 aromatic rings. The fourth-order valence-electron chi connectivity index (χ4n) is 2.65. The molecule has 1 aromatic heterocycles. The zero-order chi connectivity index (χ0) is 22.6. The summed E-state index contributed by atoms with van der Waals surface area (Å²) in [6, 6.07) is 12.9. The second-order valence-electron chi connectivity index (χ2n) is 6.55. The van der Waals surface area contributed by atoms with Crippen LogP contribution in [-0.4, -0.2) is 34.3 Å². The first kappa shape index (κ1) is 22.2. The minimum atomic E-state index is -3.86. The Morgan fingerprint density at radius 3 is 2.32 bits per heavy atom. The van der Waals surface area contributed by atoms with Crippen molar-refractivity contribution in [2.75, 3.05) is 23.7 Å². The van der Waals surface area contributed by atoms with Crippen LogP contribution in [0.5, 0.6) is 0 Å². The zero-order valence-corrected chi connectivity index (χ0v) is 18.2. The number of hydrogen-bond acceptors (Lipinski definition) is 6. The van der Waals surface area contributed by atoms with E-state index in [1.165, 1.54) is 30.3 Å². The summed E-state index contributed by atoms with van der Waals surface area (Å²) in [4.78, 5) is 26.4. The number of carbonyl (C=O) groups is 2. The molecule has 0 unspecified atom stereocenters. The Labute approximate surface area is 182 Å². The standard InChI is InChI=1S/C20H19FN4O4S2/c1-25(2)17-10-9-13(12-15(17)21)19(26)22-23-20(27)14-6-3-4-7-16(14)24-31(28,29)18-8-5-11-30-18/h3-12,24H,1-2H3,(H,22,26)(H,23,27). The van der Waals surface area contributed by atoms with Crippen molar-refractivity contribution in [2.45, 2.75) is 4.21 Å². The third-order valence-electron chi connectivity index (χ3n) is 4.16. The summed E-state index contributed by atoms with van der Waals surface area (Å²) in [5.41, 5.74) is 4.77. The van der Waals surface area contributed by atoms with E-state index >= 15 is 0 Å². The molecule has 3 rings (SSSR count). The molecule has 0 saturated carbocycles. The number of carbonyl (C=O) groups excluding carboxylic acids is 2. The number of amides is 2. The third-order valence-corrected chi connectivity index (χ3v) is 6.92. The molecule has 0 fully saturated rings. The molecule has 0 aliphatic heterocycles. The van der Waals surface area contributed by atoms with Crippen LogP contribution in [0.3, 0.4) is 0 Å². The van der Waals surface area contributed by atoms with E-state index in [1.807, 2.05) is 0 Å². The molecule has 31 heavy (non-hydrogen) atoms. The summed E-state index contributed by atoms with van der Waals surface area (Å²) in [6.45, 7) is 0. The zero-order valence-electron chi connectivity index (χ0n) is 16.5. The molecule has 0 bridgehead atoms. The lowest BCUT2D eigenvalue weighted by molar-refractivity contribution is 0.0847. The minimum Gasteiger partial charge on any atom is -0.375 e. The van der Waals surface area contributed by atoms with Gasteiger partial charge in [0.25, 0.3) is 21.8 Å². The highest BCUT2D eigenvalue weighted by Gasteiger charge is 2.20. The molecule has 0 radical (unpaired) electrons. The smallest absolute Gasteiger partial charge is 0.271 e. The highest BCUT2D eigenvalue weighted by Crippen LogP contribution is 2.23. The van der Waals surface area contributed by atoms with E-state index in [1.54, 1.807) is 42.6 Å². The average Bonchev–Trinajstić information content (AvgIpc) is 3.27. The van der Waals surface area contributed by atoms with Crippen molar-refractivity contribution in [1.29, 1.82) is 0 Å². The van der Waals surface area contributed by atoms with Crippen LogP contribution in [0.1, 0.15) is 20.7 Å². The molecule has 162 valence electrons. The Morgan fingerprint density at radius 1 is 0.968 bits per heavy atom. The first-order valence-corrected chi connectivity index (χ1v) is 11.3. The maximum absolute atomic E-state index is 14.1. The highest BCUT2D eigenvalue weighted by atomic mass is 32.2. The topological polar surface area (TPSA) is 108 Å². The number of hydrogen-bond donors (Lipinski definition) is 3. The van der Waals surface area contributed by atoms with Gasteiger partial charge in [-0.3, -0.25) is 25.2 Å². The summed E-state index contributed by atoms with van der Waals surface area (Å²) < 4.78 is 41.5. The van der Waals surface area contributed by atoms with Gasteiger partial charge in [0, 0.05) is 19.7 Å². The number of thiophene rings is 1. The minimum absolute atomic E-state index is 0.00272. The summed E-state index contributed by atoms with van der Waals surface area (Å²) in [5.74, 6) is -2.06. The average molecular weight is 463 g/mol. The fraction of sp³-hybridized carbons (Fsp3) is 0.100. The second-order valence-corrected chi connectivity index (χ2v) is 9.41. The first-order valence-electron chi connectivity index (χ1n) is 8.92. The Hall–Kier alpha value is -3.44. The molecule has 0 saturated heterocycles. The number of para-hydroxylation sites is 1. The van der Waals surface area contributed by atoms with Crippen molar-refractivity contribution in [3.8, 4) is 0 Å². The SMILES string of the molecule is CN(C)c1ccc(C(=O)NNC(=O)c2ccccc2NS(=O)(=O)c2cccs2)cc1F. The predicted molar refractivity (Wildman–Crippen MR) is 117 cm³/mol. The van der Waals surface area contributed by atoms with E-state index in [9.17, 15) is 22.4 Å². The molecular formula is C20H19FN4O4S2. The number of sulfonamides is 1. The van der Waals surface area contributed by atoms with Gasteiger partial charge in [-0.1, -0.05) is 18.2 Å². The van der Waals surface area contributed by atoms with Gasteiger partial charge in [0.15, 0.2) is 0 Å². The van der Waals surface area contributed by atoms with Crippen LogP contribution in [0.25, 0.3) is 0 Å². The monoisotopic (exact) mass is 462 g/mol. The molecule has 3 N–H and O–H groups in total. The fourth-order valence-corrected chi connectivity index (χ4v) is 4.72. The van der Waals surface area contributed by atoms with Gasteiger partial charge in [-0.25, -0.2) is 12.8 Å². The van der Waals surface area contributed by atoms with Crippen LogP contribution in [-0.2, 0) is 10.0 Å². The van der Waals surface area contributed by atoms with Crippen molar-refractivity contribution in [2.24, 2.45) is 0 Å². The maximum atomic E-state index is 14.1. The van der Waals surface area contributed by atoms with Crippen LogP contribution in [0.2, 0.25) is 0 Å². The Kier molecular flexibility index (Phi) is 6.56. The van der Waals surface area contributed by atoms with Crippen LogP contribution >= 0.6 is 11.3 Å². The Morgan fingerprint density at radius 2 is 1.68 bits per heavy atom. The van der Waals surface area contributed by atoms with E-state index < -0.39 is 27.7 Å². The summed E-state index contributed by atoms with van der Waals surface area (Å²) in [7, 11) is -0.522. The molecule has 1 heterocycles. The second kappa shape index (κ2) is 9.14. The third kappa shape index (κ3) is 5.19. The van der Waals surface area contributed by atoms with Gasteiger partial charge in [-0.15, -0.1) is 11.3 Å². The molecular weight excluding hydrogens is 443 g/mol. The lowest BCUT2D eigenvalue weighted by atomic mass is 10.1. The van der Waals surface area contributed by atoms with Gasteiger partial charge in [0.05, 0.1) is 16.9 Å². The van der Waals surface area contributed by atoms with E-state index in [0.717, 1.165) is 17.4 Å². The van der Waals surface area contributed by atoms with Crippen molar-refractivity contribution in [3.05, 3.63) is 76.9 Å². The van der Waals surface area contributed by atoms with E-state index in [4.69, 9.17) is 0 Å². The number of rotatable bonds is 6. The summed E-state index contributed by atoms with van der Waals surface area (Å²) in [5, 5.41) is 1.62. The molecule has 8 nitrogen and oxygen atoms in total. The Balaban J connectivity index is 1.72. The van der Waals surface area contributed by atoms with Crippen LogP contribution in [0.15, 0.2) is 64.2 Å². The molecule has 11 heteroatoms. The van der Waals surface area contributed by atoms with E-state index in [-0.39, 0.29) is 21.0 Å². The van der Waals surface area contributed by atoms with Gasteiger partial charge in [-0.2, -0.15) is 0 Å². The van der Waals surface area contributed by atoms with Crippen molar-refractivity contribution in [3.63, 3.8) is 0 Å². The molecule has 0 aliphatic rings. The quantitative estimate of drug-likeness (QED) is 0.489. The lowest BCUT2D eigenvalue weighted by Gasteiger charge is -2.15. The molecule has 0 atom stereocenters. The maximum Gasteiger partial charge on any atom is 0.271 e. The van der Waals surface area contributed by atoms with Gasteiger partial charge < -0.3 is 4.90 Å². The Bertz CT molecular complexity index is 1210. The van der Waals surface area contributed by atoms with Crippen LogP contribution in [0.4, 0.5) is 15.8 Å². The van der Waals surface area contributed by atoms with E-state index in [0.29, 0.717) is 5.69 Å². The number of hydrazine groups is 1. The molecule has 0 spiro atoms. The normalized spacial score (nSPS) is 10.9. The van der Waals surface area contributed by atoms with Gasteiger partial charge in [0.1, 0.15) is 10.0 Å². The number of nitrogens with zero attached hydrogens (tertiary/aromatic N) is 1. The van der Waals surface area contributed by atoms with Crippen molar-refractivity contribution in [1.82, 2.24) is 10.9 Å². The van der Waals surface area contributed by atoms with Gasteiger partial charge >= 0.3 is 0 Å². The van der Waals surface area contributed by atoms with Crippen molar-refractivity contribution >= 4 is 44.5 Å². The number of anilines is 2. The molecule has 0 aliphatic carbocycles. The predicted octanol–water partition coefficient (Wildman–Crippen LogP) is 2.83. The van der Waals surface area contributed by atoms with E-state index in [2.05, 4.69) is 15.6 Å². The van der Waals surface area contributed by atoms with Crippen LogP contribution in [0, 0.1) is 5.82 Å². The largest absolute Gasteiger partial charge is 0.375 e. The number of halogens is 1. The van der Waals surface area contributed by atoms with Gasteiger partial charge in [0.2, 0.25) is 0 Å². The highest BCUT2D eigenvalue weighted by molar-refractivity contribution is 7.94. The first-order chi connectivity index (χ1) is 14.7. The summed E-state index contributed by atoms with van der Waals surface area (Å²) >= 11 is 1.04. The molecule has 2 amide bonds. The van der Waals surface area contributed by atoms with Gasteiger partial charge in [-0.05, 0) is 41.8 Å². The van der Waals surface area contributed by atoms with Crippen LogP contribution < -0.4 is 20.5 Å². The molecule has 2 aromatic carbocycles. The van der Waals surface area contributed by atoms with Crippen molar-refractivity contribution < 1.29 is 22.4 Å². The number of nitrogens with one attached hydrogen (secondary N) is 3.